The van der Waals surface area contributed by atoms with Gasteiger partial charge in [-0.1, -0.05) is 18.2 Å². The number of rotatable bonds is 3. The van der Waals surface area contributed by atoms with Crippen molar-refractivity contribution >= 4 is 5.78 Å². The number of carbonyl (C=O) groups is 1. The van der Waals surface area contributed by atoms with E-state index in [2.05, 4.69) is 24.0 Å². The maximum Gasteiger partial charge on any atom is 0.220 e. The van der Waals surface area contributed by atoms with Crippen LogP contribution in [0.3, 0.4) is 0 Å². The molecular formula is C16H17NO2. The molecule has 2 rings (SSSR count). The Morgan fingerprint density at radius 2 is 1.79 bits per heavy atom. The summed E-state index contributed by atoms with van der Waals surface area (Å²) in [4.78, 5) is 13.5. The van der Waals surface area contributed by atoms with E-state index in [0.29, 0.717) is 5.76 Å². The summed E-state index contributed by atoms with van der Waals surface area (Å²) in [7, 11) is 1.50. The van der Waals surface area contributed by atoms with Crippen LogP contribution in [-0.2, 0) is 9.53 Å². The molecule has 0 aromatic carbocycles. The summed E-state index contributed by atoms with van der Waals surface area (Å²) in [5.74, 6) is 0.280. The van der Waals surface area contributed by atoms with E-state index in [-0.39, 0.29) is 5.78 Å². The monoisotopic (exact) mass is 255 g/mol. The van der Waals surface area contributed by atoms with E-state index in [4.69, 9.17) is 4.74 Å². The molecule has 2 aliphatic rings. The van der Waals surface area contributed by atoms with Gasteiger partial charge in [0, 0.05) is 18.9 Å². The molecule has 0 saturated carbocycles. The molecule has 19 heavy (non-hydrogen) atoms. The molecule has 1 aliphatic carbocycles. The van der Waals surface area contributed by atoms with Crippen molar-refractivity contribution in [2.75, 3.05) is 13.7 Å². The first kappa shape index (κ1) is 13.1. The molecule has 0 N–H and O–H groups in total. The van der Waals surface area contributed by atoms with E-state index in [1.54, 1.807) is 12.2 Å². The maximum absolute atomic E-state index is 11.4. The predicted octanol–water partition coefficient (Wildman–Crippen LogP) is 2.87. The zero-order valence-corrected chi connectivity index (χ0v) is 11.2. The number of methoxy groups -OCH3 is 1. The zero-order chi connectivity index (χ0) is 13.7. The fraction of sp³-hybridized carbons (Fsp3) is 0.188. The fourth-order valence-corrected chi connectivity index (χ4v) is 1.77. The highest BCUT2D eigenvalue weighted by Crippen LogP contribution is 2.15. The first-order chi connectivity index (χ1) is 9.22. The van der Waals surface area contributed by atoms with Gasteiger partial charge in [0.15, 0.2) is 5.76 Å². The number of hydrogen-bond donors (Lipinski definition) is 0. The van der Waals surface area contributed by atoms with Gasteiger partial charge in [-0.15, -0.1) is 0 Å². The molecule has 0 aromatic heterocycles. The number of nitrogens with zero attached hydrogens (tertiary/aromatic N) is 1. The topological polar surface area (TPSA) is 29.5 Å². The van der Waals surface area contributed by atoms with Gasteiger partial charge < -0.3 is 9.64 Å². The number of ether oxygens (including phenoxy) is 1. The molecular weight excluding hydrogens is 238 g/mol. The highest BCUT2D eigenvalue weighted by atomic mass is 16.5. The van der Waals surface area contributed by atoms with Gasteiger partial charge in [0.05, 0.1) is 7.11 Å². The Balaban J connectivity index is 2.12. The van der Waals surface area contributed by atoms with E-state index < -0.39 is 0 Å². The van der Waals surface area contributed by atoms with Crippen LogP contribution >= 0.6 is 0 Å². The van der Waals surface area contributed by atoms with Crippen LogP contribution in [0.2, 0.25) is 0 Å². The molecule has 1 heterocycles. The van der Waals surface area contributed by atoms with Gasteiger partial charge in [0.25, 0.3) is 0 Å². The fourth-order valence-electron chi connectivity index (χ4n) is 1.77. The molecule has 0 saturated heterocycles. The third-order valence-electron chi connectivity index (χ3n) is 2.94. The van der Waals surface area contributed by atoms with Crippen molar-refractivity contribution in [3.05, 3.63) is 71.8 Å². The smallest absolute Gasteiger partial charge is 0.220 e. The Kier molecular flexibility index (Phi) is 4.18. The standard InChI is InChI=1S/C16H17NO2/c1-3-17-10-8-13(9-11-17)4-5-14-6-7-15(18)16(12-14)19-2/h4-12H,3H2,1-2H3/b14-5+. The summed E-state index contributed by atoms with van der Waals surface area (Å²) >= 11 is 0. The minimum absolute atomic E-state index is 0.0941. The van der Waals surface area contributed by atoms with Crippen molar-refractivity contribution in [1.29, 1.82) is 0 Å². The second-order valence-corrected chi connectivity index (χ2v) is 4.21. The Hall–Kier alpha value is -2.29. The number of ketones is 1. The molecule has 3 nitrogen and oxygen atoms in total. The lowest BCUT2D eigenvalue weighted by atomic mass is 10.1. The van der Waals surface area contributed by atoms with Gasteiger partial charge in [0.2, 0.25) is 5.78 Å². The van der Waals surface area contributed by atoms with Crippen LogP contribution in [0.5, 0.6) is 0 Å². The van der Waals surface area contributed by atoms with Gasteiger partial charge in [-0.25, -0.2) is 0 Å². The molecule has 0 aromatic rings. The highest BCUT2D eigenvalue weighted by molar-refractivity contribution is 6.04. The van der Waals surface area contributed by atoms with Crippen molar-refractivity contribution in [2.45, 2.75) is 6.92 Å². The molecule has 0 fully saturated rings. The Labute approximate surface area is 113 Å². The molecule has 3 heteroatoms. The van der Waals surface area contributed by atoms with Crippen molar-refractivity contribution in [3.63, 3.8) is 0 Å². The summed E-state index contributed by atoms with van der Waals surface area (Å²) in [6.07, 6.45) is 17.2. The number of allylic oxidation sites excluding steroid dienone is 9. The second kappa shape index (κ2) is 6.05. The Bertz CT molecular complexity index is 529. The predicted molar refractivity (Wildman–Crippen MR) is 76.1 cm³/mol. The summed E-state index contributed by atoms with van der Waals surface area (Å²) in [5.41, 5.74) is 2.07. The molecule has 98 valence electrons. The molecule has 0 atom stereocenters. The SMILES string of the molecule is CCN1C=CC(=C/C=C2\C=CC(=O)C(OC)=C2)C=C1. The van der Waals surface area contributed by atoms with Gasteiger partial charge in [-0.3, -0.25) is 4.79 Å². The zero-order valence-electron chi connectivity index (χ0n) is 11.2. The Morgan fingerprint density at radius 1 is 1.11 bits per heavy atom. The van der Waals surface area contributed by atoms with E-state index in [9.17, 15) is 4.79 Å². The summed E-state index contributed by atoms with van der Waals surface area (Å²) in [6, 6.07) is 0. The minimum Gasteiger partial charge on any atom is -0.493 e. The van der Waals surface area contributed by atoms with Gasteiger partial charge in [-0.05, 0) is 42.4 Å². The largest absolute Gasteiger partial charge is 0.493 e. The second-order valence-electron chi connectivity index (χ2n) is 4.21. The van der Waals surface area contributed by atoms with E-state index in [1.807, 2.05) is 24.6 Å². The number of hydrogen-bond acceptors (Lipinski definition) is 3. The summed E-state index contributed by atoms with van der Waals surface area (Å²) in [5, 5.41) is 0. The molecule has 0 radical (unpaired) electrons. The average molecular weight is 255 g/mol. The van der Waals surface area contributed by atoms with E-state index in [1.165, 1.54) is 13.2 Å². The lowest BCUT2D eigenvalue weighted by Crippen LogP contribution is -2.09. The third-order valence-corrected chi connectivity index (χ3v) is 2.94. The Morgan fingerprint density at radius 3 is 2.42 bits per heavy atom. The van der Waals surface area contributed by atoms with Crippen molar-refractivity contribution in [1.82, 2.24) is 4.90 Å². The first-order valence-electron chi connectivity index (χ1n) is 6.25. The van der Waals surface area contributed by atoms with Gasteiger partial charge in [0.1, 0.15) is 0 Å². The molecule has 0 unspecified atom stereocenters. The van der Waals surface area contributed by atoms with Crippen molar-refractivity contribution in [3.8, 4) is 0 Å². The lowest BCUT2D eigenvalue weighted by molar-refractivity contribution is -0.114. The first-order valence-corrected chi connectivity index (χ1v) is 6.25. The highest BCUT2D eigenvalue weighted by Gasteiger charge is 2.10. The molecule has 0 bridgehead atoms. The van der Waals surface area contributed by atoms with Crippen molar-refractivity contribution in [2.24, 2.45) is 0 Å². The van der Waals surface area contributed by atoms with Crippen LogP contribution in [0.4, 0.5) is 0 Å². The average Bonchev–Trinajstić information content (AvgIpc) is 2.47. The normalized spacial score (nSPS) is 20.0. The molecule has 1 aliphatic heterocycles. The molecule has 0 spiro atoms. The molecule has 0 amide bonds. The van der Waals surface area contributed by atoms with Crippen LogP contribution in [0.15, 0.2) is 71.8 Å². The van der Waals surface area contributed by atoms with Crippen LogP contribution < -0.4 is 0 Å². The minimum atomic E-state index is -0.0941. The van der Waals surface area contributed by atoms with Crippen LogP contribution in [0.25, 0.3) is 0 Å². The summed E-state index contributed by atoms with van der Waals surface area (Å²) in [6.45, 7) is 3.07. The van der Waals surface area contributed by atoms with Crippen LogP contribution in [0.1, 0.15) is 6.92 Å². The third kappa shape index (κ3) is 3.35. The maximum atomic E-state index is 11.4. The number of carbonyl (C=O) groups excluding carboxylic acids is 1. The van der Waals surface area contributed by atoms with E-state index in [0.717, 1.165) is 17.7 Å². The summed E-state index contributed by atoms with van der Waals surface area (Å²) < 4.78 is 5.02. The quantitative estimate of drug-likeness (QED) is 0.776. The van der Waals surface area contributed by atoms with Crippen LogP contribution in [0, 0.1) is 0 Å². The van der Waals surface area contributed by atoms with Crippen LogP contribution in [-0.4, -0.2) is 24.3 Å². The van der Waals surface area contributed by atoms with E-state index >= 15 is 0 Å². The lowest BCUT2D eigenvalue weighted by Gasteiger charge is -2.15. The van der Waals surface area contributed by atoms with Crippen molar-refractivity contribution < 1.29 is 9.53 Å². The van der Waals surface area contributed by atoms with Gasteiger partial charge >= 0.3 is 0 Å². The van der Waals surface area contributed by atoms with Gasteiger partial charge in [-0.2, -0.15) is 0 Å².